The topological polar surface area (TPSA) is 57.6 Å². The highest BCUT2D eigenvalue weighted by Gasteiger charge is 2.21. The lowest BCUT2D eigenvalue weighted by Gasteiger charge is -2.17. The van der Waals surface area contributed by atoms with E-state index in [0.717, 1.165) is 43.1 Å². The van der Waals surface area contributed by atoms with Gasteiger partial charge in [-0.1, -0.05) is 12.1 Å². The number of hydrogen-bond acceptors (Lipinski definition) is 2. The molecule has 1 aliphatic heterocycles. The number of rotatable bonds is 3. The van der Waals surface area contributed by atoms with Gasteiger partial charge in [-0.3, -0.25) is 4.79 Å². The monoisotopic (exact) mass is 273 g/mol. The van der Waals surface area contributed by atoms with Crippen molar-refractivity contribution in [3.8, 4) is 0 Å². The van der Waals surface area contributed by atoms with Crippen molar-refractivity contribution in [1.82, 2.24) is 4.90 Å². The van der Waals surface area contributed by atoms with E-state index >= 15 is 0 Å². The standard InChI is InChI=1S/C16H19NO3/c1-11-5-6-13(12(2)9-15(18)19)10-14(11)16(20)17-7-3-4-8-17/h5-6,9-10H,3-4,7-8H2,1-2H3,(H,18,19)/b12-9+. The Kier molecular flexibility index (Phi) is 4.23. The summed E-state index contributed by atoms with van der Waals surface area (Å²) < 4.78 is 0. The number of aryl methyl sites for hydroxylation is 1. The van der Waals surface area contributed by atoms with Crippen LogP contribution in [-0.2, 0) is 4.79 Å². The molecule has 20 heavy (non-hydrogen) atoms. The molecule has 0 bridgehead atoms. The second-order valence-corrected chi connectivity index (χ2v) is 5.19. The number of benzene rings is 1. The predicted octanol–water partition coefficient (Wildman–Crippen LogP) is 2.72. The summed E-state index contributed by atoms with van der Waals surface area (Å²) in [6.45, 7) is 5.27. The second-order valence-electron chi connectivity index (χ2n) is 5.19. The molecule has 1 fully saturated rings. The number of carbonyl (C=O) groups excluding carboxylic acids is 1. The first-order valence-corrected chi connectivity index (χ1v) is 6.80. The van der Waals surface area contributed by atoms with Crippen molar-refractivity contribution >= 4 is 17.4 Å². The minimum absolute atomic E-state index is 0.0463. The number of carboxylic acids is 1. The molecule has 106 valence electrons. The van der Waals surface area contributed by atoms with Crippen molar-refractivity contribution in [3.63, 3.8) is 0 Å². The van der Waals surface area contributed by atoms with Gasteiger partial charge in [0, 0.05) is 24.7 Å². The Morgan fingerprint density at radius 3 is 2.50 bits per heavy atom. The lowest BCUT2D eigenvalue weighted by Crippen LogP contribution is -2.28. The largest absolute Gasteiger partial charge is 0.478 e. The van der Waals surface area contributed by atoms with Crippen LogP contribution in [0.5, 0.6) is 0 Å². The summed E-state index contributed by atoms with van der Waals surface area (Å²) in [5.74, 6) is -0.930. The Bertz CT molecular complexity index is 569. The Morgan fingerprint density at radius 1 is 1.25 bits per heavy atom. The summed E-state index contributed by atoms with van der Waals surface area (Å²) in [5, 5.41) is 8.80. The summed E-state index contributed by atoms with van der Waals surface area (Å²) in [7, 11) is 0. The van der Waals surface area contributed by atoms with E-state index in [9.17, 15) is 9.59 Å². The molecule has 0 spiro atoms. The summed E-state index contributed by atoms with van der Waals surface area (Å²) in [4.78, 5) is 25.0. The van der Waals surface area contributed by atoms with Crippen molar-refractivity contribution in [1.29, 1.82) is 0 Å². The number of allylic oxidation sites excluding steroid dienone is 1. The zero-order valence-electron chi connectivity index (χ0n) is 11.8. The molecule has 1 saturated heterocycles. The van der Waals surface area contributed by atoms with Gasteiger partial charge in [-0.2, -0.15) is 0 Å². The molecule has 1 amide bonds. The van der Waals surface area contributed by atoms with E-state index in [0.29, 0.717) is 11.1 Å². The minimum Gasteiger partial charge on any atom is -0.478 e. The molecule has 0 radical (unpaired) electrons. The molecule has 0 unspecified atom stereocenters. The average Bonchev–Trinajstić information content (AvgIpc) is 2.91. The van der Waals surface area contributed by atoms with Crippen LogP contribution in [0.2, 0.25) is 0 Å². The highest BCUT2D eigenvalue weighted by Crippen LogP contribution is 2.21. The van der Waals surface area contributed by atoms with Crippen LogP contribution >= 0.6 is 0 Å². The zero-order valence-corrected chi connectivity index (χ0v) is 11.8. The van der Waals surface area contributed by atoms with Gasteiger partial charge in [-0.05, 0) is 49.5 Å². The second kappa shape index (κ2) is 5.90. The quantitative estimate of drug-likeness (QED) is 0.861. The molecule has 4 heteroatoms. The number of nitrogens with zero attached hydrogens (tertiary/aromatic N) is 1. The maximum Gasteiger partial charge on any atom is 0.328 e. The Hall–Kier alpha value is -2.10. The molecular weight excluding hydrogens is 254 g/mol. The molecule has 1 heterocycles. The van der Waals surface area contributed by atoms with Gasteiger partial charge in [0.15, 0.2) is 0 Å². The number of carboxylic acid groups (broad SMARTS) is 1. The molecule has 1 aromatic rings. The van der Waals surface area contributed by atoms with E-state index in [1.807, 2.05) is 24.0 Å². The van der Waals surface area contributed by atoms with E-state index in [1.54, 1.807) is 13.0 Å². The highest BCUT2D eigenvalue weighted by atomic mass is 16.4. The Morgan fingerprint density at radius 2 is 1.90 bits per heavy atom. The van der Waals surface area contributed by atoms with Crippen LogP contribution in [-0.4, -0.2) is 35.0 Å². The number of aliphatic carboxylic acids is 1. The first-order chi connectivity index (χ1) is 9.49. The molecule has 0 aliphatic carbocycles. The highest BCUT2D eigenvalue weighted by molar-refractivity contribution is 5.97. The lowest BCUT2D eigenvalue weighted by molar-refractivity contribution is -0.131. The molecule has 0 atom stereocenters. The van der Waals surface area contributed by atoms with E-state index < -0.39 is 5.97 Å². The third-order valence-electron chi connectivity index (χ3n) is 3.66. The number of likely N-dealkylation sites (tertiary alicyclic amines) is 1. The number of carbonyl (C=O) groups is 2. The Labute approximate surface area is 118 Å². The van der Waals surface area contributed by atoms with Crippen LogP contribution in [0.4, 0.5) is 0 Å². The van der Waals surface area contributed by atoms with Gasteiger partial charge in [0.25, 0.3) is 5.91 Å². The molecule has 0 aromatic heterocycles. The first-order valence-electron chi connectivity index (χ1n) is 6.80. The molecule has 1 N–H and O–H groups in total. The van der Waals surface area contributed by atoms with E-state index in [1.165, 1.54) is 0 Å². The SMILES string of the molecule is C/C(=C\C(=O)O)c1ccc(C)c(C(=O)N2CCCC2)c1. The lowest BCUT2D eigenvalue weighted by atomic mass is 9.99. The average molecular weight is 273 g/mol. The summed E-state index contributed by atoms with van der Waals surface area (Å²) in [6, 6.07) is 5.52. The maximum absolute atomic E-state index is 12.5. The van der Waals surface area contributed by atoms with Crippen molar-refractivity contribution in [2.24, 2.45) is 0 Å². The van der Waals surface area contributed by atoms with Crippen molar-refractivity contribution in [2.45, 2.75) is 26.7 Å². The van der Waals surface area contributed by atoms with Crippen LogP contribution in [0.15, 0.2) is 24.3 Å². The van der Waals surface area contributed by atoms with Crippen LogP contribution < -0.4 is 0 Å². The fraction of sp³-hybridized carbons (Fsp3) is 0.375. The number of amides is 1. The molecule has 1 aromatic carbocycles. The van der Waals surface area contributed by atoms with Crippen molar-refractivity contribution in [2.75, 3.05) is 13.1 Å². The molecular formula is C16H19NO3. The van der Waals surface area contributed by atoms with Gasteiger partial charge in [0.1, 0.15) is 0 Å². The van der Waals surface area contributed by atoms with E-state index in [2.05, 4.69) is 0 Å². The smallest absolute Gasteiger partial charge is 0.328 e. The maximum atomic E-state index is 12.5. The van der Waals surface area contributed by atoms with Crippen LogP contribution in [0.25, 0.3) is 5.57 Å². The fourth-order valence-corrected chi connectivity index (χ4v) is 2.46. The third-order valence-corrected chi connectivity index (χ3v) is 3.66. The van der Waals surface area contributed by atoms with Gasteiger partial charge in [0.05, 0.1) is 0 Å². The van der Waals surface area contributed by atoms with Gasteiger partial charge in [-0.15, -0.1) is 0 Å². The number of hydrogen-bond donors (Lipinski definition) is 1. The van der Waals surface area contributed by atoms with E-state index in [4.69, 9.17) is 5.11 Å². The summed E-state index contributed by atoms with van der Waals surface area (Å²) >= 11 is 0. The third kappa shape index (κ3) is 3.07. The van der Waals surface area contributed by atoms with Crippen LogP contribution in [0.1, 0.15) is 41.3 Å². The first kappa shape index (κ1) is 14.3. The predicted molar refractivity (Wildman–Crippen MR) is 77.6 cm³/mol. The Balaban J connectivity index is 2.33. The zero-order chi connectivity index (χ0) is 14.7. The van der Waals surface area contributed by atoms with Gasteiger partial charge < -0.3 is 10.0 Å². The van der Waals surface area contributed by atoms with Crippen molar-refractivity contribution < 1.29 is 14.7 Å². The molecule has 2 rings (SSSR count). The fourth-order valence-electron chi connectivity index (χ4n) is 2.46. The van der Waals surface area contributed by atoms with E-state index in [-0.39, 0.29) is 5.91 Å². The van der Waals surface area contributed by atoms with Crippen molar-refractivity contribution in [3.05, 3.63) is 41.0 Å². The van der Waals surface area contributed by atoms with Gasteiger partial charge in [0.2, 0.25) is 0 Å². The summed E-state index contributed by atoms with van der Waals surface area (Å²) in [6.07, 6.45) is 3.28. The molecule has 4 nitrogen and oxygen atoms in total. The van der Waals surface area contributed by atoms with Gasteiger partial charge >= 0.3 is 5.97 Å². The minimum atomic E-state index is -0.976. The normalized spacial score (nSPS) is 15.5. The molecule has 0 saturated carbocycles. The molecule has 1 aliphatic rings. The van der Waals surface area contributed by atoms with Crippen LogP contribution in [0, 0.1) is 6.92 Å². The van der Waals surface area contributed by atoms with Crippen LogP contribution in [0.3, 0.4) is 0 Å². The van der Waals surface area contributed by atoms with Gasteiger partial charge in [-0.25, -0.2) is 4.79 Å². The summed E-state index contributed by atoms with van der Waals surface area (Å²) in [5.41, 5.74) is 3.02.